The molecule has 1 heterocycles. The highest BCUT2D eigenvalue weighted by Crippen LogP contribution is 2.24. The molecule has 6 heteroatoms. The minimum absolute atomic E-state index is 0.0405. The number of carbonyl (C=O) groups is 1. The van der Waals surface area contributed by atoms with Crippen molar-refractivity contribution in [3.05, 3.63) is 71.0 Å². The first kappa shape index (κ1) is 19.2. The van der Waals surface area contributed by atoms with Gasteiger partial charge in [0.2, 0.25) is 5.91 Å². The minimum atomic E-state index is -0.280. The standard InChI is InChI=1S/C21H24N4OS/c1-14-10-11-15(2)18(12-14)22-20(26)16(3)27-21-24-23-19(25(21)4)13-17-8-6-5-7-9-17/h5-12,16H,13H2,1-4H3,(H,22,26)/t16-/m0/s1. The highest BCUT2D eigenvalue weighted by atomic mass is 32.2. The number of anilines is 1. The first-order chi connectivity index (χ1) is 12.9. The highest BCUT2D eigenvalue weighted by Gasteiger charge is 2.19. The van der Waals surface area contributed by atoms with Crippen LogP contribution in [0, 0.1) is 13.8 Å². The number of rotatable bonds is 6. The molecule has 0 aliphatic rings. The van der Waals surface area contributed by atoms with E-state index in [9.17, 15) is 4.79 Å². The van der Waals surface area contributed by atoms with E-state index in [1.165, 1.54) is 17.3 Å². The summed E-state index contributed by atoms with van der Waals surface area (Å²) in [6.07, 6.45) is 0.716. The quantitative estimate of drug-likeness (QED) is 0.653. The van der Waals surface area contributed by atoms with Crippen molar-refractivity contribution in [1.29, 1.82) is 0 Å². The Labute approximate surface area is 164 Å². The van der Waals surface area contributed by atoms with Crippen LogP contribution in [0.25, 0.3) is 0 Å². The van der Waals surface area contributed by atoms with Gasteiger partial charge in [-0.05, 0) is 43.5 Å². The van der Waals surface area contributed by atoms with E-state index in [0.717, 1.165) is 27.8 Å². The maximum atomic E-state index is 12.6. The molecule has 1 amide bonds. The number of carbonyl (C=O) groups excluding carboxylic acids is 1. The van der Waals surface area contributed by atoms with Crippen molar-refractivity contribution >= 4 is 23.4 Å². The van der Waals surface area contributed by atoms with Crippen LogP contribution in [0.15, 0.2) is 53.7 Å². The predicted molar refractivity (Wildman–Crippen MR) is 110 cm³/mol. The molecule has 1 N–H and O–H groups in total. The Morgan fingerprint density at radius 2 is 1.89 bits per heavy atom. The summed E-state index contributed by atoms with van der Waals surface area (Å²) in [4.78, 5) is 12.6. The Morgan fingerprint density at radius 3 is 2.63 bits per heavy atom. The third-order valence-corrected chi connectivity index (χ3v) is 5.57. The van der Waals surface area contributed by atoms with E-state index in [-0.39, 0.29) is 11.2 Å². The van der Waals surface area contributed by atoms with Gasteiger partial charge in [0.25, 0.3) is 0 Å². The molecule has 0 unspecified atom stereocenters. The zero-order valence-corrected chi connectivity index (χ0v) is 16.9. The Morgan fingerprint density at radius 1 is 1.15 bits per heavy atom. The van der Waals surface area contributed by atoms with Crippen LogP contribution in [-0.4, -0.2) is 25.9 Å². The molecule has 0 aliphatic carbocycles. The first-order valence-corrected chi connectivity index (χ1v) is 9.79. The first-order valence-electron chi connectivity index (χ1n) is 8.91. The molecule has 0 saturated carbocycles. The molecule has 2 aromatic carbocycles. The number of benzene rings is 2. The summed E-state index contributed by atoms with van der Waals surface area (Å²) >= 11 is 1.42. The average molecular weight is 381 g/mol. The third kappa shape index (κ3) is 4.77. The van der Waals surface area contributed by atoms with Gasteiger partial charge < -0.3 is 9.88 Å². The molecule has 0 radical (unpaired) electrons. The molecule has 140 valence electrons. The second-order valence-corrected chi connectivity index (χ2v) is 8.00. The second-order valence-electron chi connectivity index (χ2n) is 6.69. The molecule has 0 bridgehead atoms. The molecule has 27 heavy (non-hydrogen) atoms. The summed E-state index contributed by atoms with van der Waals surface area (Å²) in [5.41, 5.74) is 4.21. The van der Waals surface area contributed by atoms with Gasteiger partial charge in [0, 0.05) is 19.2 Å². The van der Waals surface area contributed by atoms with E-state index in [1.807, 2.05) is 68.8 Å². The summed E-state index contributed by atoms with van der Waals surface area (Å²) in [6, 6.07) is 16.2. The van der Waals surface area contributed by atoms with Gasteiger partial charge in [-0.15, -0.1) is 10.2 Å². The fourth-order valence-electron chi connectivity index (χ4n) is 2.70. The van der Waals surface area contributed by atoms with Gasteiger partial charge in [-0.1, -0.05) is 54.2 Å². The lowest BCUT2D eigenvalue weighted by Gasteiger charge is -2.14. The van der Waals surface area contributed by atoms with E-state index in [4.69, 9.17) is 0 Å². The molecule has 0 aliphatic heterocycles. The number of nitrogens with one attached hydrogen (secondary N) is 1. The second kappa shape index (κ2) is 8.39. The van der Waals surface area contributed by atoms with Crippen LogP contribution in [0.4, 0.5) is 5.69 Å². The van der Waals surface area contributed by atoms with Crippen molar-refractivity contribution in [2.24, 2.45) is 7.05 Å². The Hall–Kier alpha value is -2.60. The van der Waals surface area contributed by atoms with Crippen LogP contribution >= 0.6 is 11.8 Å². The van der Waals surface area contributed by atoms with Crippen molar-refractivity contribution in [3.8, 4) is 0 Å². The molecule has 5 nitrogen and oxygen atoms in total. The number of nitrogens with zero attached hydrogens (tertiary/aromatic N) is 3. The van der Waals surface area contributed by atoms with Gasteiger partial charge >= 0.3 is 0 Å². The van der Waals surface area contributed by atoms with Crippen molar-refractivity contribution in [1.82, 2.24) is 14.8 Å². The fourth-order valence-corrected chi connectivity index (χ4v) is 3.53. The van der Waals surface area contributed by atoms with Crippen LogP contribution in [0.5, 0.6) is 0 Å². The third-order valence-electron chi connectivity index (χ3n) is 4.43. The number of thioether (sulfide) groups is 1. The monoisotopic (exact) mass is 380 g/mol. The number of hydrogen-bond donors (Lipinski definition) is 1. The lowest BCUT2D eigenvalue weighted by atomic mass is 10.1. The van der Waals surface area contributed by atoms with Crippen LogP contribution in [-0.2, 0) is 18.3 Å². The van der Waals surface area contributed by atoms with Gasteiger partial charge in [0.05, 0.1) is 5.25 Å². The largest absolute Gasteiger partial charge is 0.325 e. The molecular formula is C21H24N4OS. The maximum absolute atomic E-state index is 12.6. The summed E-state index contributed by atoms with van der Waals surface area (Å²) < 4.78 is 1.96. The summed E-state index contributed by atoms with van der Waals surface area (Å²) in [7, 11) is 1.94. The van der Waals surface area contributed by atoms with Gasteiger partial charge in [-0.3, -0.25) is 4.79 Å². The highest BCUT2D eigenvalue weighted by molar-refractivity contribution is 8.00. The van der Waals surface area contributed by atoms with Crippen molar-refractivity contribution in [2.45, 2.75) is 37.6 Å². The predicted octanol–water partition coefficient (Wildman–Crippen LogP) is 4.14. The summed E-state index contributed by atoms with van der Waals surface area (Å²) in [5.74, 6) is 0.840. The van der Waals surface area contributed by atoms with Crippen LogP contribution in [0.2, 0.25) is 0 Å². The number of aromatic nitrogens is 3. The molecular weight excluding hydrogens is 356 g/mol. The van der Waals surface area contributed by atoms with Gasteiger partial charge in [0.1, 0.15) is 5.82 Å². The van der Waals surface area contributed by atoms with Crippen LogP contribution in [0.1, 0.15) is 29.4 Å². The van der Waals surface area contributed by atoms with Crippen molar-refractivity contribution < 1.29 is 4.79 Å². The molecule has 3 rings (SSSR count). The summed E-state index contributed by atoms with van der Waals surface area (Å²) in [6.45, 7) is 5.89. The van der Waals surface area contributed by atoms with E-state index < -0.39 is 0 Å². The smallest absolute Gasteiger partial charge is 0.237 e. The zero-order chi connectivity index (χ0) is 19.4. The van der Waals surface area contributed by atoms with Gasteiger partial charge in [0.15, 0.2) is 5.16 Å². The Balaban J connectivity index is 1.66. The van der Waals surface area contributed by atoms with Crippen molar-refractivity contribution in [2.75, 3.05) is 5.32 Å². The Bertz CT molecular complexity index is 937. The molecule has 1 atom stereocenters. The topological polar surface area (TPSA) is 59.8 Å². The summed E-state index contributed by atoms with van der Waals surface area (Å²) in [5, 5.41) is 12.0. The maximum Gasteiger partial charge on any atom is 0.237 e. The zero-order valence-electron chi connectivity index (χ0n) is 16.1. The minimum Gasteiger partial charge on any atom is -0.325 e. The van der Waals surface area contributed by atoms with E-state index in [0.29, 0.717) is 6.42 Å². The molecule has 0 fully saturated rings. The number of amides is 1. The molecule has 3 aromatic rings. The number of hydrogen-bond acceptors (Lipinski definition) is 4. The fraction of sp³-hybridized carbons (Fsp3) is 0.286. The molecule has 1 aromatic heterocycles. The Kier molecular flexibility index (Phi) is 5.96. The van der Waals surface area contributed by atoms with E-state index >= 15 is 0 Å². The molecule has 0 spiro atoms. The van der Waals surface area contributed by atoms with Gasteiger partial charge in [-0.25, -0.2) is 0 Å². The van der Waals surface area contributed by atoms with E-state index in [2.05, 4.69) is 27.6 Å². The van der Waals surface area contributed by atoms with E-state index in [1.54, 1.807) is 0 Å². The lowest BCUT2D eigenvalue weighted by molar-refractivity contribution is -0.115. The normalized spacial score (nSPS) is 12.0. The number of aryl methyl sites for hydroxylation is 2. The van der Waals surface area contributed by atoms with Gasteiger partial charge in [-0.2, -0.15) is 0 Å². The average Bonchev–Trinajstić information content (AvgIpc) is 2.99. The van der Waals surface area contributed by atoms with Crippen molar-refractivity contribution in [3.63, 3.8) is 0 Å². The van der Waals surface area contributed by atoms with Crippen LogP contribution < -0.4 is 5.32 Å². The SMILES string of the molecule is Cc1ccc(C)c(NC(=O)[C@H](C)Sc2nnc(Cc3ccccc3)n2C)c1. The molecule has 0 saturated heterocycles. The lowest BCUT2D eigenvalue weighted by Crippen LogP contribution is -2.23. The van der Waals surface area contributed by atoms with Crippen LogP contribution in [0.3, 0.4) is 0 Å².